The molecule has 1 saturated carbocycles. The van der Waals surface area contributed by atoms with E-state index in [9.17, 15) is 0 Å². The normalized spacial score (nSPS) is 15.3. The van der Waals surface area contributed by atoms with Crippen LogP contribution in [0.15, 0.2) is 6.20 Å². The molecule has 1 fully saturated rings. The Balaban J connectivity index is 1.94. The summed E-state index contributed by atoms with van der Waals surface area (Å²) in [4.78, 5) is 8.52. The van der Waals surface area contributed by atoms with Crippen molar-refractivity contribution in [2.24, 2.45) is 5.92 Å². The van der Waals surface area contributed by atoms with Crippen molar-refractivity contribution >= 4 is 17.0 Å². The third kappa shape index (κ3) is 1.66. The summed E-state index contributed by atoms with van der Waals surface area (Å²) in [5.41, 5.74) is 0.699. The van der Waals surface area contributed by atoms with Gasteiger partial charge in [0.25, 0.3) is 0 Å². The predicted molar refractivity (Wildman–Crippen MR) is 59.4 cm³/mol. The monoisotopic (exact) mass is 219 g/mol. The summed E-state index contributed by atoms with van der Waals surface area (Å²) in [5, 5.41) is 10.5. The van der Waals surface area contributed by atoms with Crippen molar-refractivity contribution in [3.63, 3.8) is 0 Å². The number of H-pyrrole nitrogens is 1. The van der Waals surface area contributed by atoms with Crippen LogP contribution in [0.25, 0.3) is 11.0 Å². The summed E-state index contributed by atoms with van der Waals surface area (Å²) in [6, 6.07) is 0. The van der Waals surface area contributed by atoms with Crippen LogP contribution >= 0.6 is 0 Å². The van der Waals surface area contributed by atoms with Gasteiger partial charge in [0.1, 0.15) is 5.39 Å². The van der Waals surface area contributed by atoms with E-state index >= 15 is 0 Å². The number of rotatable bonds is 4. The standard InChI is InChI=1S/C10H13N5O/c1-11-10-13-8-7(4-12-15-8)9(14-10)16-5-6-2-3-6/h4,6H,2-3,5H2,1H3,(H2,11,12,13,14,15). The van der Waals surface area contributed by atoms with Crippen LogP contribution in [0.5, 0.6) is 5.88 Å². The van der Waals surface area contributed by atoms with Gasteiger partial charge in [0, 0.05) is 7.05 Å². The van der Waals surface area contributed by atoms with Crippen molar-refractivity contribution in [2.45, 2.75) is 12.8 Å². The first kappa shape index (κ1) is 9.38. The quantitative estimate of drug-likeness (QED) is 0.807. The Labute approximate surface area is 92.4 Å². The van der Waals surface area contributed by atoms with Crippen molar-refractivity contribution in [2.75, 3.05) is 19.0 Å². The van der Waals surface area contributed by atoms with Gasteiger partial charge in [-0.3, -0.25) is 5.10 Å². The van der Waals surface area contributed by atoms with Crippen molar-refractivity contribution in [3.05, 3.63) is 6.20 Å². The van der Waals surface area contributed by atoms with Crippen LogP contribution in [-0.4, -0.2) is 33.8 Å². The van der Waals surface area contributed by atoms with Crippen molar-refractivity contribution in [3.8, 4) is 5.88 Å². The van der Waals surface area contributed by atoms with Gasteiger partial charge in [-0.25, -0.2) is 0 Å². The highest BCUT2D eigenvalue weighted by Gasteiger charge is 2.23. The number of ether oxygens (including phenoxy) is 1. The minimum Gasteiger partial charge on any atom is -0.477 e. The Morgan fingerprint density at radius 3 is 3.12 bits per heavy atom. The van der Waals surface area contributed by atoms with Crippen molar-refractivity contribution < 1.29 is 4.74 Å². The first-order chi connectivity index (χ1) is 7.86. The van der Waals surface area contributed by atoms with Gasteiger partial charge in [-0.2, -0.15) is 15.1 Å². The van der Waals surface area contributed by atoms with E-state index in [0.717, 1.165) is 12.0 Å². The van der Waals surface area contributed by atoms with E-state index in [2.05, 4.69) is 25.5 Å². The molecular formula is C10H13N5O. The highest BCUT2D eigenvalue weighted by atomic mass is 16.5. The van der Waals surface area contributed by atoms with Gasteiger partial charge in [0.05, 0.1) is 12.8 Å². The SMILES string of the molecule is CNc1nc(OCC2CC2)c2cn[nH]c2n1. The number of aromatic amines is 1. The Bertz CT molecular complexity index is 505. The summed E-state index contributed by atoms with van der Waals surface area (Å²) in [5.74, 6) is 1.85. The number of nitrogens with one attached hydrogen (secondary N) is 2. The van der Waals surface area contributed by atoms with Gasteiger partial charge < -0.3 is 10.1 Å². The first-order valence-corrected chi connectivity index (χ1v) is 5.38. The van der Waals surface area contributed by atoms with Gasteiger partial charge in [-0.15, -0.1) is 0 Å². The van der Waals surface area contributed by atoms with Gasteiger partial charge in [-0.05, 0) is 18.8 Å². The van der Waals surface area contributed by atoms with E-state index in [-0.39, 0.29) is 0 Å². The van der Waals surface area contributed by atoms with Gasteiger partial charge in [0.15, 0.2) is 5.65 Å². The molecule has 2 heterocycles. The van der Waals surface area contributed by atoms with E-state index in [4.69, 9.17) is 4.74 Å². The summed E-state index contributed by atoms with van der Waals surface area (Å²) < 4.78 is 5.69. The molecule has 1 aliphatic carbocycles. The van der Waals surface area contributed by atoms with Crippen molar-refractivity contribution in [1.29, 1.82) is 0 Å². The van der Waals surface area contributed by atoms with Gasteiger partial charge in [0.2, 0.25) is 11.8 Å². The van der Waals surface area contributed by atoms with Gasteiger partial charge >= 0.3 is 0 Å². The molecule has 0 saturated heterocycles. The second-order valence-electron chi connectivity index (χ2n) is 3.99. The lowest BCUT2D eigenvalue weighted by molar-refractivity contribution is 0.292. The van der Waals surface area contributed by atoms with Crippen LogP contribution < -0.4 is 10.1 Å². The molecule has 0 radical (unpaired) electrons. The fraction of sp³-hybridized carbons (Fsp3) is 0.500. The Hall–Kier alpha value is -1.85. The minimum absolute atomic E-state index is 0.544. The molecule has 2 aromatic heterocycles. The van der Waals surface area contributed by atoms with Crippen LogP contribution in [-0.2, 0) is 0 Å². The van der Waals surface area contributed by atoms with E-state index in [1.165, 1.54) is 12.8 Å². The molecule has 0 unspecified atom stereocenters. The van der Waals surface area contributed by atoms with E-state index in [1.54, 1.807) is 13.2 Å². The van der Waals surface area contributed by atoms with E-state index in [1.807, 2.05) is 0 Å². The number of fused-ring (bicyclic) bond motifs is 1. The first-order valence-electron chi connectivity index (χ1n) is 5.38. The van der Waals surface area contributed by atoms with Crippen LogP contribution in [0.3, 0.4) is 0 Å². The predicted octanol–water partition coefficient (Wildman–Crippen LogP) is 1.18. The van der Waals surface area contributed by atoms with Crippen molar-refractivity contribution in [1.82, 2.24) is 20.2 Å². The molecule has 0 aliphatic heterocycles. The number of hydrogen-bond donors (Lipinski definition) is 2. The lowest BCUT2D eigenvalue weighted by Crippen LogP contribution is -2.04. The molecular weight excluding hydrogens is 206 g/mol. The smallest absolute Gasteiger partial charge is 0.229 e. The number of nitrogens with zero attached hydrogens (tertiary/aromatic N) is 3. The van der Waals surface area contributed by atoms with E-state index in [0.29, 0.717) is 23.4 Å². The molecule has 16 heavy (non-hydrogen) atoms. The van der Waals surface area contributed by atoms with Crippen LogP contribution in [0.4, 0.5) is 5.95 Å². The molecule has 0 amide bonds. The zero-order valence-corrected chi connectivity index (χ0v) is 9.03. The largest absolute Gasteiger partial charge is 0.477 e. The number of anilines is 1. The maximum Gasteiger partial charge on any atom is 0.229 e. The fourth-order valence-corrected chi connectivity index (χ4v) is 1.51. The Kier molecular flexibility index (Phi) is 2.12. The topological polar surface area (TPSA) is 75.7 Å². The highest BCUT2D eigenvalue weighted by Crippen LogP contribution is 2.30. The molecule has 6 nitrogen and oxygen atoms in total. The fourth-order valence-electron chi connectivity index (χ4n) is 1.51. The molecule has 84 valence electrons. The molecule has 1 aliphatic rings. The summed E-state index contributed by atoms with van der Waals surface area (Å²) >= 11 is 0. The summed E-state index contributed by atoms with van der Waals surface area (Å²) in [6.45, 7) is 0.737. The third-order valence-electron chi connectivity index (χ3n) is 2.65. The zero-order valence-electron chi connectivity index (χ0n) is 9.03. The highest BCUT2D eigenvalue weighted by molar-refractivity contribution is 5.80. The molecule has 0 atom stereocenters. The minimum atomic E-state index is 0.544. The lowest BCUT2D eigenvalue weighted by atomic mass is 10.4. The Morgan fingerprint density at radius 2 is 2.38 bits per heavy atom. The molecule has 0 bridgehead atoms. The van der Waals surface area contributed by atoms with Crippen LogP contribution in [0.1, 0.15) is 12.8 Å². The number of aromatic nitrogens is 4. The molecule has 0 spiro atoms. The second kappa shape index (κ2) is 3.62. The number of hydrogen-bond acceptors (Lipinski definition) is 5. The maximum absolute atomic E-state index is 5.69. The molecule has 3 rings (SSSR count). The molecule has 2 N–H and O–H groups in total. The molecule has 6 heteroatoms. The molecule has 2 aromatic rings. The zero-order chi connectivity index (χ0) is 11.0. The molecule has 0 aromatic carbocycles. The summed E-state index contributed by atoms with van der Waals surface area (Å²) in [6.07, 6.45) is 4.22. The van der Waals surface area contributed by atoms with Crippen LogP contribution in [0, 0.1) is 5.92 Å². The van der Waals surface area contributed by atoms with Gasteiger partial charge in [-0.1, -0.05) is 0 Å². The second-order valence-corrected chi connectivity index (χ2v) is 3.99. The Morgan fingerprint density at radius 1 is 1.50 bits per heavy atom. The van der Waals surface area contributed by atoms with Crippen LogP contribution in [0.2, 0.25) is 0 Å². The maximum atomic E-state index is 5.69. The lowest BCUT2D eigenvalue weighted by Gasteiger charge is -2.06. The third-order valence-corrected chi connectivity index (χ3v) is 2.65. The summed E-state index contributed by atoms with van der Waals surface area (Å²) in [7, 11) is 1.78. The van der Waals surface area contributed by atoms with E-state index < -0.39 is 0 Å². The average molecular weight is 219 g/mol. The average Bonchev–Trinajstić information content (AvgIpc) is 3.02.